The molecule has 1 saturated carbocycles. The molecule has 2 fully saturated rings. The van der Waals surface area contributed by atoms with E-state index in [2.05, 4.69) is 21.3 Å². The van der Waals surface area contributed by atoms with Crippen molar-refractivity contribution in [2.45, 2.75) is 112 Å². The van der Waals surface area contributed by atoms with Gasteiger partial charge in [0, 0.05) is 20.6 Å². The average molecular weight is 741 g/mol. The van der Waals surface area contributed by atoms with Crippen LogP contribution in [-0.2, 0) is 33.5 Å². The van der Waals surface area contributed by atoms with Gasteiger partial charge in [-0.3, -0.25) is 28.8 Å². The van der Waals surface area contributed by atoms with Crippen molar-refractivity contribution in [1.29, 1.82) is 0 Å². The van der Waals surface area contributed by atoms with Crippen LogP contribution in [0.2, 0.25) is 0 Å². The van der Waals surface area contributed by atoms with Crippen LogP contribution in [0.3, 0.4) is 0 Å². The molecule has 0 spiro atoms. The highest BCUT2D eigenvalue weighted by Crippen LogP contribution is 2.65. The summed E-state index contributed by atoms with van der Waals surface area (Å²) in [5, 5.41) is 10.5. The van der Waals surface area contributed by atoms with Crippen LogP contribution in [0.4, 0.5) is 4.79 Å². The second kappa shape index (κ2) is 17.6. The zero-order valence-corrected chi connectivity index (χ0v) is 33.2. The number of rotatable bonds is 16. The Hall–Kier alpha value is -4.49. The van der Waals surface area contributed by atoms with Crippen molar-refractivity contribution in [1.82, 2.24) is 31.1 Å². The number of Topliss-reactive ketones (excluding diaryl/α,β-unsaturated/α-hetero) is 1. The summed E-state index contributed by atoms with van der Waals surface area (Å²) in [5.74, 6) is -4.14. The van der Waals surface area contributed by atoms with Gasteiger partial charge >= 0.3 is 6.09 Å². The van der Waals surface area contributed by atoms with Crippen LogP contribution in [0.5, 0.6) is 0 Å². The topological polar surface area (TPSA) is 183 Å². The summed E-state index contributed by atoms with van der Waals surface area (Å²) in [6.45, 7) is 16.7. The minimum Gasteiger partial charge on any atom is -0.446 e. The lowest BCUT2D eigenvalue weighted by Gasteiger charge is -2.38. The standard InChI is InChI=1S/C39H60N6O8/c1-12-13-19-26(31(47)34(49)40-20-27(46)42-29(35(50)44(10)11)24-17-15-14-16-18-24)41-33(48)30-28-25(39(28,8)9)21-45(30)36(51)32(38(5,6)7)43-37(52)53-23(4)22(2)3/h14-18,22-23,25-26,28-30,32H,12-13,19-21H2,1-11H3,(H,40,49)(H,41,48)(H,42,46)(H,43,52). The predicted molar refractivity (Wildman–Crippen MR) is 199 cm³/mol. The van der Waals surface area contributed by atoms with Gasteiger partial charge in [-0.25, -0.2) is 4.79 Å². The lowest BCUT2D eigenvalue weighted by molar-refractivity contribution is -0.145. The number of benzene rings is 1. The fraction of sp³-hybridized carbons (Fsp3) is 0.667. The number of carbonyl (C=O) groups is 7. The van der Waals surface area contributed by atoms with Gasteiger partial charge in [-0.05, 0) is 47.5 Å². The Morgan fingerprint density at radius 3 is 2.13 bits per heavy atom. The first kappa shape index (κ1) is 42.9. The highest BCUT2D eigenvalue weighted by molar-refractivity contribution is 6.38. The molecule has 0 aromatic heterocycles. The summed E-state index contributed by atoms with van der Waals surface area (Å²) >= 11 is 0. The maximum absolute atomic E-state index is 14.2. The molecule has 0 bridgehead atoms. The van der Waals surface area contributed by atoms with Crippen molar-refractivity contribution >= 4 is 41.4 Å². The number of amides is 6. The molecule has 7 unspecified atom stereocenters. The number of nitrogens with one attached hydrogen (secondary N) is 4. The summed E-state index contributed by atoms with van der Waals surface area (Å²) < 4.78 is 5.50. The third-order valence-corrected chi connectivity index (χ3v) is 10.6. The molecule has 2 aliphatic rings. The molecule has 1 aliphatic carbocycles. The molecule has 1 aromatic carbocycles. The Kier molecular flexibility index (Phi) is 14.2. The van der Waals surface area contributed by atoms with Crippen LogP contribution < -0.4 is 21.3 Å². The highest BCUT2D eigenvalue weighted by Gasteiger charge is 2.70. The Balaban J connectivity index is 1.75. The van der Waals surface area contributed by atoms with Gasteiger partial charge in [0.2, 0.25) is 29.4 Å². The zero-order valence-electron chi connectivity index (χ0n) is 33.2. The molecule has 53 heavy (non-hydrogen) atoms. The largest absolute Gasteiger partial charge is 0.446 e. The second-order valence-electron chi connectivity index (χ2n) is 16.6. The van der Waals surface area contributed by atoms with Crippen LogP contribution in [-0.4, -0.2) is 103 Å². The fourth-order valence-corrected chi connectivity index (χ4v) is 6.83. The van der Waals surface area contributed by atoms with E-state index >= 15 is 0 Å². The van der Waals surface area contributed by atoms with E-state index in [1.54, 1.807) is 51.4 Å². The van der Waals surface area contributed by atoms with Gasteiger partial charge in [0.05, 0.1) is 12.6 Å². The number of ether oxygens (including phenoxy) is 1. The zero-order chi connectivity index (χ0) is 40.0. The molecule has 0 radical (unpaired) electrons. The number of likely N-dealkylation sites (N-methyl/N-ethyl adjacent to an activating group) is 1. The number of hydrogen-bond acceptors (Lipinski definition) is 8. The molecule has 4 N–H and O–H groups in total. The molecular formula is C39H60N6O8. The maximum Gasteiger partial charge on any atom is 0.408 e. The van der Waals surface area contributed by atoms with E-state index in [0.717, 1.165) is 0 Å². The van der Waals surface area contributed by atoms with Crippen molar-refractivity contribution in [2.24, 2.45) is 28.6 Å². The van der Waals surface area contributed by atoms with Gasteiger partial charge < -0.3 is 35.8 Å². The van der Waals surface area contributed by atoms with E-state index in [4.69, 9.17) is 4.74 Å². The number of ketones is 1. The van der Waals surface area contributed by atoms with Gasteiger partial charge in [-0.1, -0.05) is 98.6 Å². The fourth-order valence-electron chi connectivity index (χ4n) is 6.83. The van der Waals surface area contributed by atoms with Gasteiger partial charge in [-0.2, -0.15) is 0 Å². The third-order valence-electron chi connectivity index (χ3n) is 10.6. The van der Waals surface area contributed by atoms with Crippen LogP contribution in [0.1, 0.15) is 93.2 Å². The lowest BCUT2D eigenvalue weighted by Crippen LogP contribution is -2.60. The number of carbonyl (C=O) groups excluding carboxylic acids is 7. The van der Waals surface area contributed by atoms with Gasteiger partial charge in [-0.15, -0.1) is 0 Å². The van der Waals surface area contributed by atoms with Crippen molar-refractivity contribution in [2.75, 3.05) is 27.2 Å². The number of likely N-dealkylation sites (tertiary alicyclic amines) is 1. The van der Waals surface area contributed by atoms with Crippen molar-refractivity contribution in [3.8, 4) is 0 Å². The quantitative estimate of drug-likeness (QED) is 0.187. The Labute approximate surface area is 313 Å². The number of hydrogen-bond donors (Lipinski definition) is 4. The Morgan fingerprint density at radius 1 is 0.962 bits per heavy atom. The summed E-state index contributed by atoms with van der Waals surface area (Å²) in [5.41, 5.74) is -0.422. The number of piperidine rings is 1. The van der Waals surface area contributed by atoms with Crippen LogP contribution in [0.15, 0.2) is 30.3 Å². The Bertz CT molecular complexity index is 1520. The maximum atomic E-state index is 14.2. The molecule has 1 aromatic rings. The van der Waals surface area contributed by atoms with Crippen molar-refractivity contribution < 1.29 is 38.3 Å². The van der Waals surface area contributed by atoms with Crippen molar-refractivity contribution in [3.05, 3.63) is 35.9 Å². The first-order chi connectivity index (χ1) is 24.6. The number of unbranched alkanes of at least 4 members (excludes halogenated alkanes) is 1. The van der Waals surface area contributed by atoms with E-state index in [9.17, 15) is 33.6 Å². The SMILES string of the molecule is CCCCC(NC(=O)C1C2C(CN1C(=O)C(NC(=O)OC(C)C(C)C)C(C)(C)C)C2(C)C)C(=O)C(=O)NCC(=O)NC(C(=O)N(C)C)c1ccccc1. The number of nitrogens with zero attached hydrogens (tertiary/aromatic N) is 2. The van der Waals surface area contributed by atoms with E-state index in [1.165, 1.54) is 9.80 Å². The summed E-state index contributed by atoms with van der Waals surface area (Å²) in [6, 6.07) is 4.49. The van der Waals surface area contributed by atoms with Crippen LogP contribution in [0.25, 0.3) is 0 Å². The minimum absolute atomic E-state index is 0.0291. The number of fused-ring (bicyclic) bond motifs is 1. The highest BCUT2D eigenvalue weighted by atomic mass is 16.6. The van der Waals surface area contributed by atoms with E-state index in [-0.39, 0.29) is 41.6 Å². The van der Waals surface area contributed by atoms with Crippen LogP contribution in [0, 0.1) is 28.6 Å². The summed E-state index contributed by atoms with van der Waals surface area (Å²) in [4.78, 5) is 96.5. The normalized spacial score (nSPS) is 20.9. The summed E-state index contributed by atoms with van der Waals surface area (Å²) in [7, 11) is 3.12. The van der Waals surface area contributed by atoms with Crippen LogP contribution >= 0.6 is 0 Å². The first-order valence-electron chi connectivity index (χ1n) is 18.6. The minimum atomic E-state index is -1.21. The molecule has 14 nitrogen and oxygen atoms in total. The third kappa shape index (κ3) is 10.6. The summed E-state index contributed by atoms with van der Waals surface area (Å²) in [6.07, 6.45) is 0.259. The second-order valence-corrected chi connectivity index (χ2v) is 16.6. The van der Waals surface area contributed by atoms with Gasteiger partial charge in [0.1, 0.15) is 24.2 Å². The van der Waals surface area contributed by atoms with E-state index in [0.29, 0.717) is 24.9 Å². The van der Waals surface area contributed by atoms with Gasteiger partial charge in [0.15, 0.2) is 0 Å². The molecule has 294 valence electrons. The van der Waals surface area contributed by atoms with Gasteiger partial charge in [0.25, 0.3) is 5.91 Å². The molecule has 7 atom stereocenters. The monoisotopic (exact) mass is 740 g/mol. The molecule has 3 rings (SSSR count). The lowest BCUT2D eigenvalue weighted by atomic mass is 9.85. The molecule has 1 heterocycles. The first-order valence-corrected chi connectivity index (χ1v) is 18.6. The molecule has 6 amide bonds. The smallest absolute Gasteiger partial charge is 0.408 e. The van der Waals surface area contributed by atoms with E-state index in [1.807, 2.05) is 55.4 Å². The van der Waals surface area contributed by atoms with Crippen molar-refractivity contribution in [3.63, 3.8) is 0 Å². The molecule has 1 aliphatic heterocycles. The Morgan fingerprint density at radius 2 is 1.58 bits per heavy atom. The number of alkyl carbamates (subject to hydrolysis) is 1. The van der Waals surface area contributed by atoms with E-state index < -0.39 is 71.6 Å². The predicted octanol–water partition coefficient (Wildman–Crippen LogP) is 2.96. The molecule has 14 heteroatoms. The average Bonchev–Trinajstić information content (AvgIpc) is 3.38. The molecular weight excluding hydrogens is 680 g/mol. The molecule has 1 saturated heterocycles.